The van der Waals surface area contributed by atoms with E-state index in [4.69, 9.17) is 4.74 Å². The Kier molecular flexibility index (Phi) is 6.10. The zero-order valence-electron chi connectivity index (χ0n) is 9.96. The van der Waals surface area contributed by atoms with Gasteiger partial charge < -0.3 is 4.74 Å². The first-order valence-electron chi connectivity index (χ1n) is 5.96. The Morgan fingerprint density at radius 1 is 1.00 bits per heavy atom. The summed E-state index contributed by atoms with van der Waals surface area (Å²) in [5, 5.41) is 0. The molecule has 0 unspecified atom stereocenters. The summed E-state index contributed by atoms with van der Waals surface area (Å²) in [6.45, 7) is 6.28. The van der Waals surface area contributed by atoms with Crippen molar-refractivity contribution in [2.45, 2.75) is 39.5 Å². The third kappa shape index (κ3) is 5.58. The molecule has 1 aromatic rings. The number of hydrogen-bond acceptors (Lipinski definition) is 1. The quantitative estimate of drug-likeness (QED) is 0.680. The van der Waals surface area contributed by atoms with E-state index in [2.05, 4.69) is 38.1 Å². The average molecular weight is 206 g/mol. The van der Waals surface area contributed by atoms with Crippen molar-refractivity contribution in [1.82, 2.24) is 0 Å². The minimum absolute atomic E-state index is 1.00. The van der Waals surface area contributed by atoms with E-state index in [0.29, 0.717) is 0 Å². The smallest absolute Gasteiger partial charge is 0.0466 e. The molecule has 1 saturated heterocycles. The lowest BCUT2D eigenvalue weighted by Crippen LogP contribution is -2.03. The van der Waals surface area contributed by atoms with Crippen molar-refractivity contribution in [3.05, 3.63) is 35.4 Å². The molecule has 1 heteroatoms. The standard InChI is InChI=1S/C9H12.C5H10O/c1-3-9-6-4-8(2)5-7-9;1-2-4-6-5-3-1/h4-7H,3H2,1-2H3;1-5H2. The summed E-state index contributed by atoms with van der Waals surface area (Å²) in [5.74, 6) is 0. The highest BCUT2D eigenvalue weighted by atomic mass is 16.5. The van der Waals surface area contributed by atoms with Gasteiger partial charge >= 0.3 is 0 Å². The van der Waals surface area contributed by atoms with E-state index in [0.717, 1.165) is 19.6 Å². The second kappa shape index (κ2) is 7.47. The lowest BCUT2D eigenvalue weighted by Gasteiger charge is -2.08. The van der Waals surface area contributed by atoms with Gasteiger partial charge in [-0.1, -0.05) is 36.8 Å². The molecule has 1 aromatic carbocycles. The lowest BCUT2D eigenvalue weighted by molar-refractivity contribution is 0.0968. The van der Waals surface area contributed by atoms with Crippen molar-refractivity contribution in [2.75, 3.05) is 13.2 Å². The first-order chi connectivity index (χ1) is 7.33. The molecule has 1 aliphatic rings. The van der Waals surface area contributed by atoms with Crippen molar-refractivity contribution in [3.8, 4) is 0 Å². The van der Waals surface area contributed by atoms with E-state index in [1.165, 1.54) is 30.4 Å². The minimum Gasteiger partial charge on any atom is -0.381 e. The van der Waals surface area contributed by atoms with Gasteiger partial charge in [-0.3, -0.25) is 0 Å². The molecule has 0 bridgehead atoms. The summed E-state index contributed by atoms with van der Waals surface area (Å²) in [6.07, 6.45) is 5.07. The van der Waals surface area contributed by atoms with Crippen LogP contribution in [0.5, 0.6) is 0 Å². The summed E-state index contributed by atoms with van der Waals surface area (Å²) in [6, 6.07) is 8.66. The van der Waals surface area contributed by atoms with Gasteiger partial charge in [0, 0.05) is 13.2 Å². The molecule has 1 heterocycles. The molecule has 0 N–H and O–H groups in total. The van der Waals surface area contributed by atoms with Crippen LogP contribution in [0, 0.1) is 6.92 Å². The number of benzene rings is 1. The highest BCUT2D eigenvalue weighted by Gasteiger charge is 1.95. The summed E-state index contributed by atoms with van der Waals surface area (Å²) in [5.41, 5.74) is 2.76. The van der Waals surface area contributed by atoms with Crippen LogP contribution in [0.15, 0.2) is 24.3 Å². The predicted molar refractivity (Wildman–Crippen MR) is 65.2 cm³/mol. The third-order valence-electron chi connectivity index (χ3n) is 2.61. The van der Waals surface area contributed by atoms with E-state index >= 15 is 0 Å². The molecule has 0 amide bonds. The maximum absolute atomic E-state index is 5.07. The summed E-state index contributed by atoms with van der Waals surface area (Å²) in [4.78, 5) is 0. The molecule has 0 atom stereocenters. The SMILES string of the molecule is C1CCOCC1.CCc1ccc(C)cc1. The Labute approximate surface area is 93.5 Å². The number of rotatable bonds is 1. The van der Waals surface area contributed by atoms with Gasteiger partial charge in [-0.25, -0.2) is 0 Å². The molecule has 15 heavy (non-hydrogen) atoms. The van der Waals surface area contributed by atoms with Crippen molar-refractivity contribution >= 4 is 0 Å². The third-order valence-corrected chi connectivity index (χ3v) is 2.61. The van der Waals surface area contributed by atoms with Crippen molar-refractivity contribution in [2.24, 2.45) is 0 Å². The van der Waals surface area contributed by atoms with Crippen LogP contribution in [0.4, 0.5) is 0 Å². The van der Waals surface area contributed by atoms with Gasteiger partial charge in [0.25, 0.3) is 0 Å². The van der Waals surface area contributed by atoms with E-state index in [1.54, 1.807) is 0 Å². The summed E-state index contributed by atoms with van der Waals surface area (Å²) in [7, 11) is 0. The van der Waals surface area contributed by atoms with Crippen LogP contribution in [0.2, 0.25) is 0 Å². The monoisotopic (exact) mass is 206 g/mol. The molecule has 2 rings (SSSR count). The van der Waals surface area contributed by atoms with E-state index in [-0.39, 0.29) is 0 Å². The molecule has 84 valence electrons. The molecule has 0 aliphatic carbocycles. The Hall–Kier alpha value is -0.820. The summed E-state index contributed by atoms with van der Waals surface area (Å²) < 4.78 is 5.07. The van der Waals surface area contributed by atoms with Crippen LogP contribution in [-0.2, 0) is 11.2 Å². The van der Waals surface area contributed by atoms with Gasteiger partial charge in [0.15, 0.2) is 0 Å². The van der Waals surface area contributed by atoms with Crippen LogP contribution < -0.4 is 0 Å². The van der Waals surface area contributed by atoms with Crippen molar-refractivity contribution < 1.29 is 4.74 Å². The maximum Gasteiger partial charge on any atom is 0.0466 e. The van der Waals surface area contributed by atoms with Gasteiger partial charge in [-0.2, -0.15) is 0 Å². The molecular weight excluding hydrogens is 184 g/mol. The van der Waals surface area contributed by atoms with Crippen LogP contribution in [0.1, 0.15) is 37.3 Å². The van der Waals surface area contributed by atoms with E-state index in [9.17, 15) is 0 Å². The first-order valence-corrected chi connectivity index (χ1v) is 5.96. The van der Waals surface area contributed by atoms with Gasteiger partial charge in [-0.15, -0.1) is 0 Å². The Bertz CT molecular complexity index is 235. The first kappa shape index (κ1) is 12.3. The Morgan fingerprint density at radius 3 is 1.93 bits per heavy atom. The molecule has 1 aliphatic heterocycles. The molecule has 1 nitrogen and oxygen atoms in total. The molecule has 1 fully saturated rings. The van der Waals surface area contributed by atoms with Gasteiger partial charge in [-0.05, 0) is 38.2 Å². The van der Waals surface area contributed by atoms with E-state index < -0.39 is 0 Å². The predicted octanol–water partition coefficient (Wildman–Crippen LogP) is 3.74. The van der Waals surface area contributed by atoms with Crippen LogP contribution >= 0.6 is 0 Å². The van der Waals surface area contributed by atoms with Crippen molar-refractivity contribution in [1.29, 1.82) is 0 Å². The largest absolute Gasteiger partial charge is 0.381 e. The van der Waals surface area contributed by atoms with Crippen molar-refractivity contribution in [3.63, 3.8) is 0 Å². The Balaban J connectivity index is 0.000000162. The van der Waals surface area contributed by atoms with Crippen LogP contribution in [-0.4, -0.2) is 13.2 Å². The zero-order valence-corrected chi connectivity index (χ0v) is 9.96. The Morgan fingerprint density at radius 2 is 1.60 bits per heavy atom. The van der Waals surface area contributed by atoms with Crippen LogP contribution in [0.25, 0.3) is 0 Å². The molecule has 0 spiro atoms. The number of hydrogen-bond donors (Lipinski definition) is 0. The topological polar surface area (TPSA) is 9.23 Å². The zero-order chi connectivity index (χ0) is 10.9. The van der Waals surface area contributed by atoms with Crippen LogP contribution in [0.3, 0.4) is 0 Å². The highest BCUT2D eigenvalue weighted by Crippen LogP contribution is 2.02. The number of aryl methyl sites for hydroxylation is 2. The lowest BCUT2D eigenvalue weighted by atomic mass is 10.1. The van der Waals surface area contributed by atoms with E-state index in [1.807, 2.05) is 0 Å². The second-order valence-electron chi connectivity index (χ2n) is 4.01. The molecule has 0 radical (unpaired) electrons. The van der Waals surface area contributed by atoms with Gasteiger partial charge in [0.1, 0.15) is 0 Å². The molecule has 0 aromatic heterocycles. The van der Waals surface area contributed by atoms with Gasteiger partial charge in [0.05, 0.1) is 0 Å². The fourth-order valence-corrected chi connectivity index (χ4v) is 1.51. The maximum atomic E-state index is 5.07. The summed E-state index contributed by atoms with van der Waals surface area (Å²) >= 11 is 0. The van der Waals surface area contributed by atoms with Gasteiger partial charge in [0.2, 0.25) is 0 Å². The molecule has 0 saturated carbocycles. The fourth-order valence-electron chi connectivity index (χ4n) is 1.51. The average Bonchev–Trinajstić information content (AvgIpc) is 2.33. The molecular formula is C14H22O. The normalized spacial score (nSPS) is 15.3. The minimum atomic E-state index is 1.00. The highest BCUT2D eigenvalue weighted by molar-refractivity contribution is 5.20. The number of ether oxygens (including phenoxy) is 1. The fraction of sp³-hybridized carbons (Fsp3) is 0.571. The second-order valence-corrected chi connectivity index (χ2v) is 4.01.